The minimum atomic E-state index is -1.09. The van der Waals surface area contributed by atoms with Gasteiger partial charge in [0.2, 0.25) is 0 Å². The number of fused-ring (bicyclic) bond motifs is 3. The van der Waals surface area contributed by atoms with Crippen LogP contribution in [-0.4, -0.2) is 46.5 Å². The maximum Gasteiger partial charge on any atom is 0.410 e. The van der Waals surface area contributed by atoms with Gasteiger partial charge in [-0.1, -0.05) is 50.8 Å². The summed E-state index contributed by atoms with van der Waals surface area (Å²) < 4.78 is 0. The predicted octanol–water partition coefficient (Wildman–Crippen LogP) is 6.73. The molecule has 4 heterocycles. The molecule has 0 aliphatic carbocycles. The largest absolute Gasteiger partial charge is 0.465 e. The van der Waals surface area contributed by atoms with Crippen LogP contribution in [0.25, 0.3) is 10.4 Å². The molecule has 6 nitrogen and oxygen atoms in total. The molecule has 3 saturated heterocycles. The molecule has 1 aromatic carbocycles. The molecule has 0 unspecified atom stereocenters. The minimum absolute atomic E-state index is 0. The second-order valence-electron chi connectivity index (χ2n) is 7.70. The fourth-order valence-corrected chi connectivity index (χ4v) is 4.43. The van der Waals surface area contributed by atoms with E-state index in [0.29, 0.717) is 5.82 Å². The lowest BCUT2D eigenvalue weighted by Crippen LogP contribution is -2.41. The predicted molar refractivity (Wildman–Crippen MR) is 137 cm³/mol. The van der Waals surface area contributed by atoms with E-state index in [2.05, 4.69) is 15.2 Å². The van der Waals surface area contributed by atoms with Crippen LogP contribution in [0.2, 0.25) is 0 Å². The monoisotopic (exact) mass is 461 g/mol. The topological polar surface area (TPSA) is 82.5 Å². The highest BCUT2D eigenvalue weighted by molar-refractivity contribution is 7.15. The summed E-state index contributed by atoms with van der Waals surface area (Å²) in [6.07, 6.45) is 7.74. The number of allylic oxidation sites excluding steroid dienone is 2. The second kappa shape index (κ2) is 14.5. The number of carboxylic acid groups (broad SMARTS) is 1. The zero-order valence-corrected chi connectivity index (χ0v) is 19.5. The van der Waals surface area contributed by atoms with Gasteiger partial charge in [0.05, 0.1) is 9.88 Å². The summed E-state index contributed by atoms with van der Waals surface area (Å²) in [4.78, 5) is 28.3. The van der Waals surface area contributed by atoms with Crippen molar-refractivity contribution in [2.45, 2.75) is 53.9 Å². The SMILES string of the molecule is C.C1CN2CCC1CC2.CC/C=C/C(C)=O.Cc1nc(NC(=O)O)c(-c2ccccc2)s1.[HH]. The summed E-state index contributed by atoms with van der Waals surface area (Å²) in [7, 11) is 0. The summed E-state index contributed by atoms with van der Waals surface area (Å²) >= 11 is 1.47. The molecule has 5 rings (SSSR count). The van der Waals surface area contributed by atoms with Crippen LogP contribution < -0.4 is 5.32 Å². The van der Waals surface area contributed by atoms with Crippen molar-refractivity contribution in [3.8, 4) is 10.4 Å². The molecule has 3 aliphatic rings. The van der Waals surface area contributed by atoms with Crippen molar-refractivity contribution >= 4 is 29.0 Å². The van der Waals surface area contributed by atoms with Crippen LogP contribution in [0.1, 0.15) is 53.4 Å². The van der Waals surface area contributed by atoms with Crippen LogP contribution in [0.5, 0.6) is 0 Å². The number of amides is 1. The molecule has 1 amide bonds. The van der Waals surface area contributed by atoms with Crippen LogP contribution in [0.3, 0.4) is 0 Å². The maximum absolute atomic E-state index is 10.6. The normalized spacial score (nSPS) is 18.5. The Hall–Kier alpha value is -2.51. The van der Waals surface area contributed by atoms with Crippen molar-refractivity contribution in [3.63, 3.8) is 0 Å². The van der Waals surface area contributed by atoms with Gasteiger partial charge < -0.3 is 10.0 Å². The Morgan fingerprint density at radius 2 is 1.81 bits per heavy atom. The molecule has 0 radical (unpaired) electrons. The van der Waals surface area contributed by atoms with Crippen LogP contribution >= 0.6 is 11.3 Å². The zero-order valence-electron chi connectivity index (χ0n) is 18.6. The lowest BCUT2D eigenvalue weighted by atomic mass is 9.89. The van der Waals surface area contributed by atoms with Gasteiger partial charge >= 0.3 is 6.09 Å². The first kappa shape index (κ1) is 27.5. The number of hydrogen-bond acceptors (Lipinski definition) is 5. The molecule has 32 heavy (non-hydrogen) atoms. The number of nitrogens with zero attached hydrogens (tertiary/aromatic N) is 2. The summed E-state index contributed by atoms with van der Waals surface area (Å²) in [5, 5.41) is 11.8. The average Bonchev–Trinajstić information content (AvgIpc) is 3.14. The third kappa shape index (κ3) is 9.75. The van der Waals surface area contributed by atoms with Crippen molar-refractivity contribution in [3.05, 3.63) is 47.5 Å². The fourth-order valence-electron chi connectivity index (χ4n) is 3.55. The first-order valence-electron chi connectivity index (χ1n) is 10.8. The summed E-state index contributed by atoms with van der Waals surface area (Å²) in [6.45, 7) is 9.58. The lowest BCUT2D eigenvalue weighted by molar-refractivity contribution is -0.112. The minimum Gasteiger partial charge on any atom is -0.465 e. The molecular formula is C25H39N3O3S. The quantitative estimate of drug-likeness (QED) is 0.493. The molecule has 178 valence electrons. The summed E-state index contributed by atoms with van der Waals surface area (Å²) in [6, 6.07) is 9.60. The molecule has 2 aromatic rings. The number of piperidine rings is 3. The maximum atomic E-state index is 10.6. The van der Waals surface area contributed by atoms with Gasteiger partial charge in [0.15, 0.2) is 11.6 Å². The third-order valence-corrected chi connectivity index (χ3v) is 6.16. The first-order valence-corrected chi connectivity index (χ1v) is 11.6. The highest BCUT2D eigenvalue weighted by Gasteiger charge is 2.24. The smallest absolute Gasteiger partial charge is 0.410 e. The van der Waals surface area contributed by atoms with E-state index in [1.807, 2.05) is 50.3 Å². The van der Waals surface area contributed by atoms with E-state index in [9.17, 15) is 9.59 Å². The van der Waals surface area contributed by atoms with Gasteiger partial charge in [0, 0.05) is 1.43 Å². The van der Waals surface area contributed by atoms with Crippen molar-refractivity contribution in [1.82, 2.24) is 9.88 Å². The van der Waals surface area contributed by atoms with Gasteiger partial charge in [-0.25, -0.2) is 9.78 Å². The number of ketones is 1. The van der Waals surface area contributed by atoms with Crippen molar-refractivity contribution in [2.24, 2.45) is 5.92 Å². The average molecular weight is 462 g/mol. The Labute approximate surface area is 197 Å². The Morgan fingerprint density at radius 3 is 2.19 bits per heavy atom. The number of thiazole rings is 1. The Balaban J connectivity index is 0.000000509. The standard InChI is InChI=1S/C11H10N2O2S.C7H13N.C6H10O.CH4.H2/c1-7-12-10(13-11(14)15)9(16-7)8-5-3-2-4-6-8;1-4-8-5-2-7(1)3-6-8;1-3-4-5-6(2)7;;/h2-6,13H,1H3,(H,14,15);7H,1-6H2;4-5H,3H2,1-2H3;1H4;1H/b;;5-4+;;. The number of benzene rings is 1. The van der Waals surface area contributed by atoms with E-state index >= 15 is 0 Å². The summed E-state index contributed by atoms with van der Waals surface area (Å²) in [5.74, 6) is 1.64. The van der Waals surface area contributed by atoms with Gasteiger partial charge in [0.25, 0.3) is 0 Å². The molecule has 3 aliphatic heterocycles. The van der Waals surface area contributed by atoms with E-state index < -0.39 is 6.09 Å². The van der Waals surface area contributed by atoms with Crippen LogP contribution in [0, 0.1) is 12.8 Å². The number of hydrogen-bond donors (Lipinski definition) is 2. The zero-order chi connectivity index (χ0) is 22.6. The van der Waals surface area contributed by atoms with E-state index in [4.69, 9.17) is 5.11 Å². The van der Waals surface area contributed by atoms with Gasteiger partial charge in [-0.05, 0) is 76.7 Å². The molecule has 2 bridgehead atoms. The Kier molecular flexibility index (Phi) is 12.5. The highest BCUT2D eigenvalue weighted by Crippen LogP contribution is 2.33. The fraction of sp³-hybridized carbons (Fsp3) is 0.480. The van der Waals surface area contributed by atoms with Gasteiger partial charge in [-0.2, -0.15) is 0 Å². The number of rotatable bonds is 4. The molecule has 2 N–H and O–H groups in total. The number of carbonyl (C=O) groups is 2. The number of nitrogens with one attached hydrogen (secondary N) is 1. The number of aromatic nitrogens is 1. The Morgan fingerprint density at radius 1 is 1.22 bits per heavy atom. The van der Waals surface area contributed by atoms with Crippen molar-refractivity contribution in [2.75, 3.05) is 25.0 Å². The molecule has 7 heteroatoms. The summed E-state index contributed by atoms with van der Waals surface area (Å²) in [5.41, 5.74) is 0.969. The third-order valence-electron chi connectivity index (χ3n) is 5.14. The second-order valence-corrected chi connectivity index (χ2v) is 8.90. The van der Waals surface area contributed by atoms with E-state index in [0.717, 1.165) is 27.8 Å². The number of anilines is 1. The Bertz CT molecular complexity index is 840. The number of carbonyl (C=O) groups excluding carboxylic acids is 1. The van der Waals surface area contributed by atoms with Crippen LogP contribution in [0.4, 0.5) is 10.6 Å². The number of aryl methyl sites for hydroxylation is 1. The molecule has 0 saturated carbocycles. The molecule has 0 spiro atoms. The van der Waals surface area contributed by atoms with Gasteiger partial charge in [0.1, 0.15) is 0 Å². The van der Waals surface area contributed by atoms with Gasteiger partial charge in [-0.3, -0.25) is 10.1 Å². The van der Waals surface area contributed by atoms with E-state index in [1.165, 1.54) is 50.2 Å². The van der Waals surface area contributed by atoms with Crippen LogP contribution in [-0.2, 0) is 4.79 Å². The molecule has 1 aromatic heterocycles. The molecule has 3 fully saturated rings. The highest BCUT2D eigenvalue weighted by atomic mass is 32.1. The molecular weight excluding hydrogens is 422 g/mol. The van der Waals surface area contributed by atoms with E-state index in [1.54, 1.807) is 13.0 Å². The van der Waals surface area contributed by atoms with Crippen molar-refractivity contribution in [1.29, 1.82) is 0 Å². The first-order chi connectivity index (χ1) is 14.9. The van der Waals surface area contributed by atoms with Gasteiger partial charge in [-0.15, -0.1) is 11.3 Å². The van der Waals surface area contributed by atoms with Crippen LogP contribution in [0.15, 0.2) is 42.5 Å². The molecule has 0 atom stereocenters. The van der Waals surface area contributed by atoms with E-state index in [-0.39, 0.29) is 14.6 Å². The van der Waals surface area contributed by atoms with Crippen molar-refractivity contribution < 1.29 is 16.1 Å². The lowest BCUT2D eigenvalue weighted by Gasteiger charge is -2.38.